The highest BCUT2D eigenvalue weighted by atomic mass is 16.5. The van der Waals surface area contributed by atoms with E-state index >= 15 is 0 Å². The highest BCUT2D eigenvalue weighted by Crippen LogP contribution is 2.20. The summed E-state index contributed by atoms with van der Waals surface area (Å²) in [6.07, 6.45) is 3.35. The second-order valence-corrected chi connectivity index (χ2v) is 5.96. The first-order chi connectivity index (χ1) is 10.1. The quantitative estimate of drug-likeness (QED) is 0.805. The van der Waals surface area contributed by atoms with Crippen LogP contribution in [0.4, 0.5) is 0 Å². The minimum Gasteiger partial charge on any atom is -0.378 e. The molecule has 0 saturated carbocycles. The summed E-state index contributed by atoms with van der Waals surface area (Å²) in [5.74, 6) is 0.0887. The van der Waals surface area contributed by atoms with Crippen LogP contribution in [0.3, 0.4) is 0 Å². The van der Waals surface area contributed by atoms with E-state index in [0.717, 1.165) is 25.8 Å². The van der Waals surface area contributed by atoms with E-state index in [0.29, 0.717) is 39.3 Å². The van der Waals surface area contributed by atoms with Gasteiger partial charge in [0.1, 0.15) is 0 Å². The predicted molar refractivity (Wildman–Crippen MR) is 79.6 cm³/mol. The van der Waals surface area contributed by atoms with Gasteiger partial charge in [0.05, 0.1) is 25.2 Å². The van der Waals surface area contributed by atoms with Crippen molar-refractivity contribution in [3.8, 4) is 0 Å². The van der Waals surface area contributed by atoms with Crippen LogP contribution in [0.15, 0.2) is 0 Å². The van der Waals surface area contributed by atoms with Crippen molar-refractivity contribution < 1.29 is 14.3 Å². The van der Waals surface area contributed by atoms with Crippen LogP contribution in [0.1, 0.15) is 32.6 Å². The Bertz CT molecular complexity index is 369. The average Bonchev–Trinajstić information content (AvgIpc) is 2.54. The second kappa shape index (κ2) is 7.75. The summed E-state index contributed by atoms with van der Waals surface area (Å²) in [5, 5.41) is 0. The average molecular weight is 297 g/mol. The highest BCUT2D eigenvalue weighted by molar-refractivity contribution is 5.84. The van der Waals surface area contributed by atoms with Gasteiger partial charge in [-0.15, -0.1) is 0 Å². The van der Waals surface area contributed by atoms with Crippen LogP contribution in [0.25, 0.3) is 0 Å². The molecule has 0 aliphatic carbocycles. The maximum absolute atomic E-state index is 12.5. The van der Waals surface area contributed by atoms with Gasteiger partial charge in [-0.1, -0.05) is 13.3 Å². The van der Waals surface area contributed by atoms with Crippen LogP contribution in [0.5, 0.6) is 0 Å². The summed E-state index contributed by atoms with van der Waals surface area (Å²) in [4.78, 5) is 28.5. The van der Waals surface area contributed by atoms with Gasteiger partial charge in [0.25, 0.3) is 0 Å². The van der Waals surface area contributed by atoms with E-state index in [1.807, 2.05) is 11.8 Å². The lowest BCUT2D eigenvalue weighted by molar-refractivity contribution is -0.144. The van der Waals surface area contributed by atoms with Crippen molar-refractivity contribution in [1.29, 1.82) is 0 Å². The number of morpholine rings is 1. The number of carbonyl (C=O) groups is 2. The van der Waals surface area contributed by atoms with Crippen LogP contribution in [0.2, 0.25) is 0 Å². The zero-order valence-electron chi connectivity index (χ0n) is 12.9. The van der Waals surface area contributed by atoms with Crippen LogP contribution in [-0.2, 0) is 14.3 Å². The fourth-order valence-electron chi connectivity index (χ4n) is 3.09. The van der Waals surface area contributed by atoms with E-state index in [2.05, 4.69) is 0 Å². The monoisotopic (exact) mass is 297 g/mol. The molecule has 2 aliphatic rings. The molecule has 2 atom stereocenters. The lowest BCUT2D eigenvalue weighted by Gasteiger charge is -2.37. The van der Waals surface area contributed by atoms with Crippen molar-refractivity contribution in [2.75, 3.05) is 39.4 Å². The Morgan fingerprint density at radius 3 is 2.62 bits per heavy atom. The number of hydrogen-bond donors (Lipinski definition) is 1. The molecule has 6 heteroatoms. The third kappa shape index (κ3) is 4.17. The molecule has 2 unspecified atom stereocenters. The molecule has 0 aromatic rings. The Hall–Kier alpha value is -1.14. The summed E-state index contributed by atoms with van der Waals surface area (Å²) in [6.45, 7) is 5.83. The number of ether oxygens (including phenoxy) is 1. The standard InChI is InChI=1S/C15H27N3O3/c1-2-4-13(16)15(20)18-6-3-5-12(11-18)14(19)17-7-9-21-10-8-17/h12-13H,2-11,16H2,1H3. The first-order valence-electron chi connectivity index (χ1n) is 8.04. The van der Waals surface area contributed by atoms with Crippen LogP contribution < -0.4 is 5.73 Å². The smallest absolute Gasteiger partial charge is 0.239 e. The molecule has 0 radical (unpaired) electrons. The van der Waals surface area contributed by atoms with E-state index in [9.17, 15) is 9.59 Å². The highest BCUT2D eigenvalue weighted by Gasteiger charge is 2.33. The summed E-state index contributed by atoms with van der Waals surface area (Å²) in [7, 11) is 0. The van der Waals surface area contributed by atoms with Gasteiger partial charge in [0.2, 0.25) is 11.8 Å². The Morgan fingerprint density at radius 2 is 1.95 bits per heavy atom. The predicted octanol–water partition coefficient (Wildman–Crippen LogP) is 0.211. The van der Waals surface area contributed by atoms with Gasteiger partial charge in [-0.05, 0) is 19.3 Å². The number of rotatable bonds is 4. The molecule has 0 aromatic heterocycles. The largest absolute Gasteiger partial charge is 0.378 e. The number of amides is 2. The minimum atomic E-state index is -0.424. The lowest BCUT2D eigenvalue weighted by Crippen LogP contribution is -2.52. The second-order valence-electron chi connectivity index (χ2n) is 5.96. The number of nitrogens with two attached hydrogens (primary N) is 1. The van der Waals surface area contributed by atoms with E-state index in [1.165, 1.54) is 0 Å². The zero-order chi connectivity index (χ0) is 15.2. The topological polar surface area (TPSA) is 75.9 Å². The van der Waals surface area contributed by atoms with Crippen molar-refractivity contribution in [2.24, 2.45) is 11.7 Å². The van der Waals surface area contributed by atoms with E-state index in [1.54, 1.807) is 4.90 Å². The molecule has 2 N–H and O–H groups in total. The van der Waals surface area contributed by atoms with Gasteiger partial charge in [-0.2, -0.15) is 0 Å². The Balaban J connectivity index is 1.90. The van der Waals surface area contributed by atoms with Crippen LogP contribution >= 0.6 is 0 Å². The van der Waals surface area contributed by atoms with Crippen molar-refractivity contribution >= 4 is 11.8 Å². The maximum Gasteiger partial charge on any atom is 0.239 e. The van der Waals surface area contributed by atoms with Gasteiger partial charge >= 0.3 is 0 Å². The summed E-state index contributed by atoms with van der Waals surface area (Å²) in [5.41, 5.74) is 5.92. The van der Waals surface area contributed by atoms with Gasteiger partial charge < -0.3 is 20.3 Å². The molecule has 2 aliphatic heterocycles. The molecule has 2 saturated heterocycles. The Labute approximate surface area is 126 Å². The summed E-state index contributed by atoms with van der Waals surface area (Å²) >= 11 is 0. The first-order valence-corrected chi connectivity index (χ1v) is 8.04. The summed E-state index contributed by atoms with van der Waals surface area (Å²) < 4.78 is 5.28. The van der Waals surface area contributed by atoms with E-state index < -0.39 is 6.04 Å². The molecule has 2 amide bonds. The molecule has 6 nitrogen and oxygen atoms in total. The third-order valence-corrected chi connectivity index (χ3v) is 4.32. The number of likely N-dealkylation sites (tertiary alicyclic amines) is 1. The molecule has 0 bridgehead atoms. The van der Waals surface area contributed by atoms with Gasteiger partial charge in [0, 0.05) is 26.2 Å². The van der Waals surface area contributed by atoms with Crippen LogP contribution in [-0.4, -0.2) is 67.0 Å². The zero-order valence-corrected chi connectivity index (χ0v) is 12.9. The third-order valence-electron chi connectivity index (χ3n) is 4.32. The van der Waals surface area contributed by atoms with Gasteiger partial charge in [0.15, 0.2) is 0 Å². The molecular formula is C15H27N3O3. The Morgan fingerprint density at radius 1 is 1.24 bits per heavy atom. The van der Waals surface area contributed by atoms with Gasteiger partial charge in [-0.25, -0.2) is 0 Å². The van der Waals surface area contributed by atoms with Crippen LogP contribution in [0, 0.1) is 5.92 Å². The fraction of sp³-hybridized carbons (Fsp3) is 0.867. The molecule has 0 aromatic carbocycles. The maximum atomic E-state index is 12.5. The molecular weight excluding hydrogens is 270 g/mol. The van der Waals surface area contributed by atoms with Crippen molar-refractivity contribution in [3.05, 3.63) is 0 Å². The van der Waals surface area contributed by atoms with Crippen molar-refractivity contribution in [2.45, 2.75) is 38.6 Å². The molecule has 2 fully saturated rings. The fourth-order valence-corrected chi connectivity index (χ4v) is 3.09. The normalized spacial score (nSPS) is 24.8. The Kier molecular flexibility index (Phi) is 5.99. The minimum absolute atomic E-state index is 0.00340. The number of carbonyl (C=O) groups excluding carboxylic acids is 2. The molecule has 0 spiro atoms. The number of hydrogen-bond acceptors (Lipinski definition) is 4. The van der Waals surface area contributed by atoms with E-state index in [-0.39, 0.29) is 17.7 Å². The van der Waals surface area contributed by atoms with Crippen molar-refractivity contribution in [3.63, 3.8) is 0 Å². The summed E-state index contributed by atoms with van der Waals surface area (Å²) in [6, 6.07) is -0.424. The SMILES string of the molecule is CCCC(N)C(=O)N1CCCC(C(=O)N2CCOCC2)C1. The number of piperidine rings is 1. The molecule has 2 heterocycles. The molecule has 2 rings (SSSR count). The molecule has 120 valence electrons. The number of nitrogens with zero attached hydrogens (tertiary/aromatic N) is 2. The molecule has 21 heavy (non-hydrogen) atoms. The first kappa shape index (κ1) is 16.2. The van der Waals surface area contributed by atoms with E-state index in [4.69, 9.17) is 10.5 Å². The van der Waals surface area contributed by atoms with Crippen molar-refractivity contribution in [1.82, 2.24) is 9.80 Å². The van der Waals surface area contributed by atoms with Gasteiger partial charge in [-0.3, -0.25) is 9.59 Å². The lowest BCUT2D eigenvalue weighted by atomic mass is 9.95.